The van der Waals surface area contributed by atoms with Gasteiger partial charge in [0.1, 0.15) is 0 Å². The Bertz CT molecular complexity index is 311. The molecular formula is C14H21BrO2. The van der Waals surface area contributed by atoms with E-state index in [1.54, 1.807) is 6.92 Å². The lowest BCUT2D eigenvalue weighted by atomic mass is 10.1. The molecule has 1 rings (SSSR count). The smallest absolute Gasteiger partial charge is 0.0849 e. The molecule has 3 heteroatoms. The van der Waals surface area contributed by atoms with E-state index < -0.39 is 5.60 Å². The van der Waals surface area contributed by atoms with Gasteiger partial charge in [0.15, 0.2) is 0 Å². The first-order chi connectivity index (χ1) is 8.07. The third-order valence-electron chi connectivity index (χ3n) is 2.87. The summed E-state index contributed by atoms with van der Waals surface area (Å²) in [4.78, 5) is 0. The molecule has 0 aliphatic carbocycles. The highest BCUT2D eigenvalue weighted by molar-refractivity contribution is 9.09. The average Bonchev–Trinajstić information content (AvgIpc) is 2.35. The van der Waals surface area contributed by atoms with Gasteiger partial charge >= 0.3 is 0 Å². The summed E-state index contributed by atoms with van der Waals surface area (Å²) in [6.07, 6.45) is 1.68. The van der Waals surface area contributed by atoms with Crippen LogP contribution in [0.1, 0.15) is 25.8 Å². The number of alkyl halides is 1. The second kappa shape index (κ2) is 7.14. The minimum atomic E-state index is -0.725. The zero-order valence-electron chi connectivity index (χ0n) is 10.5. The van der Waals surface area contributed by atoms with E-state index in [0.29, 0.717) is 13.0 Å². The molecule has 0 bridgehead atoms. The summed E-state index contributed by atoms with van der Waals surface area (Å²) in [7, 11) is 0. The minimum absolute atomic E-state index is 0.107. The van der Waals surface area contributed by atoms with Crippen molar-refractivity contribution in [3.05, 3.63) is 35.9 Å². The minimum Gasteiger partial charge on any atom is -0.388 e. The second-order valence-corrected chi connectivity index (χ2v) is 5.28. The summed E-state index contributed by atoms with van der Waals surface area (Å²) in [6, 6.07) is 10.3. The summed E-state index contributed by atoms with van der Waals surface area (Å²) in [6.45, 7) is 4.15. The number of benzene rings is 1. The van der Waals surface area contributed by atoms with E-state index >= 15 is 0 Å². The molecule has 0 saturated heterocycles. The normalized spacial score (nSPS) is 16.5. The predicted molar refractivity (Wildman–Crippen MR) is 74.6 cm³/mol. The molecule has 0 aromatic heterocycles. The summed E-state index contributed by atoms with van der Waals surface area (Å²) >= 11 is 3.46. The van der Waals surface area contributed by atoms with Crippen molar-refractivity contribution in [2.45, 2.75) is 38.4 Å². The SMILES string of the molecule is CCC(C)(O)COC(CBr)Cc1ccccc1. The Morgan fingerprint density at radius 3 is 2.53 bits per heavy atom. The van der Waals surface area contributed by atoms with Crippen molar-refractivity contribution in [2.75, 3.05) is 11.9 Å². The third kappa shape index (κ3) is 5.66. The molecule has 0 amide bonds. The standard InChI is InChI=1S/C14H21BrO2/c1-3-14(2,16)11-17-13(10-15)9-12-7-5-4-6-8-12/h4-8,13,16H,3,9-11H2,1-2H3. The van der Waals surface area contributed by atoms with Crippen LogP contribution in [0.4, 0.5) is 0 Å². The average molecular weight is 301 g/mol. The van der Waals surface area contributed by atoms with Gasteiger partial charge in [-0.05, 0) is 25.3 Å². The van der Waals surface area contributed by atoms with Gasteiger partial charge in [0.05, 0.1) is 18.3 Å². The predicted octanol–water partition coefficient (Wildman–Crippen LogP) is 3.17. The maximum Gasteiger partial charge on any atom is 0.0849 e. The first-order valence-corrected chi connectivity index (χ1v) is 7.13. The van der Waals surface area contributed by atoms with Crippen molar-refractivity contribution in [3.8, 4) is 0 Å². The highest BCUT2D eigenvalue weighted by atomic mass is 79.9. The summed E-state index contributed by atoms with van der Waals surface area (Å²) in [5.41, 5.74) is 0.532. The molecule has 0 aliphatic heterocycles. The Morgan fingerprint density at radius 2 is 2.00 bits per heavy atom. The summed E-state index contributed by atoms with van der Waals surface area (Å²) in [5.74, 6) is 0. The molecule has 0 aliphatic rings. The van der Waals surface area contributed by atoms with Crippen LogP contribution in [0.25, 0.3) is 0 Å². The highest BCUT2D eigenvalue weighted by Crippen LogP contribution is 2.13. The first-order valence-electron chi connectivity index (χ1n) is 6.01. The topological polar surface area (TPSA) is 29.5 Å². The molecule has 1 aromatic carbocycles. The van der Waals surface area contributed by atoms with Gasteiger partial charge in [0.25, 0.3) is 0 Å². The monoisotopic (exact) mass is 300 g/mol. The van der Waals surface area contributed by atoms with Gasteiger partial charge in [0.2, 0.25) is 0 Å². The number of hydrogen-bond acceptors (Lipinski definition) is 2. The van der Waals surface area contributed by atoms with Crippen LogP contribution in [0.5, 0.6) is 0 Å². The molecule has 0 radical (unpaired) electrons. The molecule has 1 aromatic rings. The molecule has 0 fully saturated rings. The third-order valence-corrected chi connectivity index (χ3v) is 3.59. The van der Waals surface area contributed by atoms with Gasteiger partial charge in [-0.1, -0.05) is 53.2 Å². The van der Waals surface area contributed by atoms with Crippen molar-refractivity contribution in [2.24, 2.45) is 0 Å². The van der Waals surface area contributed by atoms with E-state index in [1.807, 2.05) is 25.1 Å². The molecule has 2 unspecified atom stereocenters. The number of rotatable bonds is 7. The van der Waals surface area contributed by atoms with Gasteiger partial charge < -0.3 is 9.84 Å². The quantitative estimate of drug-likeness (QED) is 0.784. The van der Waals surface area contributed by atoms with E-state index in [-0.39, 0.29) is 6.10 Å². The van der Waals surface area contributed by atoms with Crippen molar-refractivity contribution < 1.29 is 9.84 Å². The largest absolute Gasteiger partial charge is 0.388 e. The number of halogens is 1. The van der Waals surface area contributed by atoms with Crippen LogP contribution in [0, 0.1) is 0 Å². The van der Waals surface area contributed by atoms with Crippen LogP contribution in [0.2, 0.25) is 0 Å². The van der Waals surface area contributed by atoms with E-state index in [0.717, 1.165) is 11.8 Å². The molecule has 0 saturated carbocycles. The number of hydrogen-bond donors (Lipinski definition) is 1. The lowest BCUT2D eigenvalue weighted by molar-refractivity contribution is -0.0579. The maximum atomic E-state index is 9.89. The lowest BCUT2D eigenvalue weighted by Gasteiger charge is -2.24. The van der Waals surface area contributed by atoms with Gasteiger partial charge in [0, 0.05) is 5.33 Å². The fourth-order valence-electron chi connectivity index (χ4n) is 1.43. The van der Waals surface area contributed by atoms with E-state index in [9.17, 15) is 5.11 Å². The molecule has 0 heterocycles. The molecule has 17 heavy (non-hydrogen) atoms. The molecule has 2 atom stereocenters. The Kier molecular flexibility index (Phi) is 6.17. The number of aliphatic hydroxyl groups is 1. The molecule has 0 spiro atoms. The summed E-state index contributed by atoms with van der Waals surface area (Å²) in [5, 5.41) is 10.7. The molecular weight excluding hydrogens is 280 g/mol. The van der Waals surface area contributed by atoms with Crippen LogP contribution in [-0.4, -0.2) is 28.7 Å². The van der Waals surface area contributed by atoms with Crippen molar-refractivity contribution >= 4 is 15.9 Å². The van der Waals surface area contributed by atoms with E-state index in [1.165, 1.54) is 5.56 Å². The van der Waals surface area contributed by atoms with Crippen molar-refractivity contribution in [1.82, 2.24) is 0 Å². The van der Waals surface area contributed by atoms with Crippen molar-refractivity contribution in [3.63, 3.8) is 0 Å². The van der Waals surface area contributed by atoms with Gasteiger partial charge in [-0.3, -0.25) is 0 Å². The summed E-state index contributed by atoms with van der Waals surface area (Å²) < 4.78 is 5.75. The zero-order chi connectivity index (χ0) is 12.7. The molecule has 1 N–H and O–H groups in total. The van der Waals surface area contributed by atoms with E-state index in [2.05, 4.69) is 28.1 Å². The molecule has 2 nitrogen and oxygen atoms in total. The lowest BCUT2D eigenvalue weighted by Crippen LogP contribution is -2.33. The van der Waals surface area contributed by atoms with Gasteiger partial charge in [-0.25, -0.2) is 0 Å². The maximum absolute atomic E-state index is 9.89. The Hall–Kier alpha value is -0.380. The Morgan fingerprint density at radius 1 is 1.35 bits per heavy atom. The molecule has 96 valence electrons. The van der Waals surface area contributed by atoms with Crippen LogP contribution in [0.15, 0.2) is 30.3 Å². The van der Waals surface area contributed by atoms with Crippen LogP contribution < -0.4 is 0 Å². The fraction of sp³-hybridized carbons (Fsp3) is 0.571. The van der Waals surface area contributed by atoms with Crippen LogP contribution in [0.3, 0.4) is 0 Å². The Labute approximate surface area is 112 Å². The second-order valence-electron chi connectivity index (χ2n) is 4.63. The van der Waals surface area contributed by atoms with Gasteiger partial charge in [-0.2, -0.15) is 0 Å². The highest BCUT2D eigenvalue weighted by Gasteiger charge is 2.20. The van der Waals surface area contributed by atoms with Crippen molar-refractivity contribution in [1.29, 1.82) is 0 Å². The Balaban J connectivity index is 2.44. The van der Waals surface area contributed by atoms with E-state index in [4.69, 9.17) is 4.74 Å². The number of ether oxygens (including phenoxy) is 1. The van der Waals surface area contributed by atoms with Gasteiger partial charge in [-0.15, -0.1) is 0 Å². The fourth-order valence-corrected chi connectivity index (χ4v) is 1.85. The van der Waals surface area contributed by atoms with Crippen LogP contribution in [-0.2, 0) is 11.2 Å². The zero-order valence-corrected chi connectivity index (χ0v) is 12.1. The van der Waals surface area contributed by atoms with Crippen LogP contribution >= 0.6 is 15.9 Å². The first kappa shape index (κ1) is 14.7.